The van der Waals surface area contributed by atoms with Crippen LogP contribution in [0.2, 0.25) is 0 Å². The van der Waals surface area contributed by atoms with Crippen LogP contribution in [0.15, 0.2) is 0 Å². The average molecular weight is 246 g/mol. The molecule has 0 aromatic carbocycles. The molecule has 1 fully saturated rings. The van der Waals surface area contributed by atoms with Crippen LogP contribution in [0, 0.1) is 5.92 Å². The Bertz CT molecular complexity index is 246. The van der Waals surface area contributed by atoms with Crippen LogP contribution in [-0.2, 0) is 0 Å². The number of urea groups is 1. The number of amides is 2. The fourth-order valence-corrected chi connectivity index (χ4v) is 2.39. The van der Waals surface area contributed by atoms with Crippen molar-refractivity contribution in [2.45, 2.75) is 38.3 Å². The molecule has 2 atom stereocenters. The molecule has 0 aromatic rings. The lowest BCUT2D eigenvalue weighted by atomic mass is 9.97. The number of carbonyl (C=O) groups is 1. The van der Waals surface area contributed by atoms with Gasteiger partial charge in [-0.05, 0) is 38.9 Å². The molecule has 3 N–H and O–H groups in total. The normalized spacial score (nSPS) is 21.0. The van der Waals surface area contributed by atoms with Crippen LogP contribution in [0.25, 0.3) is 0 Å². The van der Waals surface area contributed by atoms with Crippen molar-refractivity contribution in [3.63, 3.8) is 0 Å². The summed E-state index contributed by atoms with van der Waals surface area (Å²) in [5, 5.41) is 15.1. The van der Waals surface area contributed by atoms with Gasteiger partial charge in [-0.3, -0.25) is 0 Å². The van der Waals surface area contributed by atoms with E-state index in [1.54, 1.807) is 11.8 Å². The van der Waals surface area contributed by atoms with Crippen LogP contribution in [0.3, 0.4) is 0 Å². The summed E-state index contributed by atoms with van der Waals surface area (Å²) >= 11 is 1.70. The molecular weight excluding hydrogens is 224 g/mol. The monoisotopic (exact) mass is 246 g/mol. The summed E-state index contributed by atoms with van der Waals surface area (Å²) in [6, 6.07) is -0.0258. The number of hydrogen-bond acceptors (Lipinski definition) is 3. The van der Waals surface area contributed by atoms with E-state index in [0.717, 1.165) is 18.6 Å². The quantitative estimate of drug-likeness (QED) is 0.660. The molecule has 4 nitrogen and oxygen atoms in total. The van der Waals surface area contributed by atoms with E-state index in [2.05, 4.69) is 10.6 Å². The van der Waals surface area contributed by atoms with Crippen LogP contribution in [0.5, 0.6) is 0 Å². The van der Waals surface area contributed by atoms with E-state index in [9.17, 15) is 9.90 Å². The molecule has 94 valence electrons. The zero-order valence-corrected chi connectivity index (χ0v) is 11.1. The first kappa shape index (κ1) is 13.6. The molecule has 1 rings (SSSR count). The summed E-state index contributed by atoms with van der Waals surface area (Å²) in [7, 11) is 0. The molecule has 0 radical (unpaired) electrons. The van der Waals surface area contributed by atoms with Crippen molar-refractivity contribution in [2.75, 3.05) is 18.6 Å². The lowest BCUT2D eigenvalue weighted by Gasteiger charge is -2.29. The van der Waals surface area contributed by atoms with Crippen molar-refractivity contribution in [1.82, 2.24) is 10.6 Å². The SMILES string of the molecule is CSCC(C)NC(=O)NC(C)(CO)C1CC1. The van der Waals surface area contributed by atoms with Gasteiger partial charge in [0.05, 0.1) is 12.1 Å². The lowest BCUT2D eigenvalue weighted by molar-refractivity contribution is 0.154. The molecule has 0 spiro atoms. The highest BCUT2D eigenvalue weighted by molar-refractivity contribution is 7.98. The van der Waals surface area contributed by atoms with Gasteiger partial charge in [0.25, 0.3) is 0 Å². The fraction of sp³-hybridized carbons (Fsp3) is 0.909. The first-order chi connectivity index (χ1) is 7.51. The molecule has 1 saturated carbocycles. The Morgan fingerprint density at radius 3 is 2.69 bits per heavy atom. The van der Waals surface area contributed by atoms with Gasteiger partial charge in [0.15, 0.2) is 0 Å². The van der Waals surface area contributed by atoms with Gasteiger partial charge >= 0.3 is 6.03 Å². The van der Waals surface area contributed by atoms with Gasteiger partial charge in [-0.1, -0.05) is 0 Å². The topological polar surface area (TPSA) is 61.4 Å². The van der Waals surface area contributed by atoms with E-state index in [1.807, 2.05) is 20.1 Å². The third-order valence-corrected chi connectivity index (χ3v) is 3.83. The lowest BCUT2D eigenvalue weighted by Crippen LogP contribution is -2.55. The molecule has 16 heavy (non-hydrogen) atoms. The molecule has 0 heterocycles. The Morgan fingerprint density at radius 1 is 1.62 bits per heavy atom. The van der Waals surface area contributed by atoms with Gasteiger partial charge in [-0.2, -0.15) is 11.8 Å². The minimum atomic E-state index is -0.455. The smallest absolute Gasteiger partial charge is 0.315 e. The maximum Gasteiger partial charge on any atom is 0.315 e. The van der Waals surface area contributed by atoms with E-state index in [1.165, 1.54) is 0 Å². The van der Waals surface area contributed by atoms with E-state index >= 15 is 0 Å². The van der Waals surface area contributed by atoms with Crippen molar-refractivity contribution in [3.05, 3.63) is 0 Å². The highest BCUT2D eigenvalue weighted by Gasteiger charge is 2.42. The first-order valence-corrected chi connectivity index (χ1v) is 7.09. The van der Waals surface area contributed by atoms with Crippen LogP contribution in [0.4, 0.5) is 4.79 Å². The number of aliphatic hydroxyl groups excluding tert-OH is 1. The number of carbonyl (C=O) groups excluding carboxylic acids is 1. The second kappa shape index (κ2) is 5.77. The Balaban J connectivity index is 2.37. The number of thioether (sulfide) groups is 1. The first-order valence-electron chi connectivity index (χ1n) is 5.70. The van der Waals surface area contributed by atoms with E-state index in [-0.39, 0.29) is 18.7 Å². The van der Waals surface area contributed by atoms with E-state index < -0.39 is 5.54 Å². The van der Waals surface area contributed by atoms with E-state index in [0.29, 0.717) is 5.92 Å². The molecule has 0 aromatic heterocycles. The second-order valence-corrected chi connectivity index (χ2v) is 5.72. The summed E-state index contributed by atoms with van der Waals surface area (Å²) in [4.78, 5) is 11.7. The van der Waals surface area contributed by atoms with Crippen LogP contribution in [0.1, 0.15) is 26.7 Å². The molecular formula is C11H22N2O2S. The number of aliphatic hydroxyl groups is 1. The van der Waals surface area contributed by atoms with Gasteiger partial charge in [-0.15, -0.1) is 0 Å². The van der Waals surface area contributed by atoms with Crippen LogP contribution >= 0.6 is 11.8 Å². The molecule has 2 unspecified atom stereocenters. The van der Waals surface area contributed by atoms with Crippen LogP contribution < -0.4 is 10.6 Å². The molecule has 1 aliphatic carbocycles. The van der Waals surface area contributed by atoms with Gasteiger partial charge in [0.1, 0.15) is 0 Å². The Labute approximate surface area is 102 Å². The minimum absolute atomic E-state index is 0.00198. The van der Waals surface area contributed by atoms with Crippen molar-refractivity contribution in [1.29, 1.82) is 0 Å². The number of hydrogen-bond donors (Lipinski definition) is 3. The molecule has 5 heteroatoms. The van der Waals surface area contributed by atoms with Crippen LogP contribution in [-0.4, -0.2) is 41.3 Å². The maximum absolute atomic E-state index is 11.7. The summed E-state index contributed by atoms with van der Waals surface area (Å²) in [5.41, 5.74) is -0.455. The Hall–Kier alpha value is -0.420. The van der Waals surface area contributed by atoms with Crippen molar-refractivity contribution in [2.24, 2.45) is 5.92 Å². The van der Waals surface area contributed by atoms with Gasteiger partial charge in [-0.25, -0.2) is 4.79 Å². The molecule has 2 amide bonds. The minimum Gasteiger partial charge on any atom is -0.394 e. The zero-order valence-electron chi connectivity index (χ0n) is 10.2. The van der Waals surface area contributed by atoms with Gasteiger partial charge in [0.2, 0.25) is 0 Å². The van der Waals surface area contributed by atoms with Gasteiger partial charge < -0.3 is 15.7 Å². The third-order valence-electron chi connectivity index (χ3n) is 3.00. The number of nitrogens with one attached hydrogen (secondary N) is 2. The van der Waals surface area contributed by atoms with Crippen molar-refractivity contribution in [3.8, 4) is 0 Å². The fourth-order valence-electron chi connectivity index (χ4n) is 1.80. The van der Waals surface area contributed by atoms with E-state index in [4.69, 9.17) is 0 Å². The Kier molecular flexibility index (Phi) is 4.92. The largest absolute Gasteiger partial charge is 0.394 e. The maximum atomic E-state index is 11.7. The van der Waals surface area contributed by atoms with Crippen molar-refractivity contribution >= 4 is 17.8 Å². The second-order valence-electron chi connectivity index (χ2n) is 4.80. The zero-order chi connectivity index (χ0) is 12.2. The Morgan fingerprint density at radius 2 is 2.25 bits per heavy atom. The summed E-state index contributed by atoms with van der Waals surface area (Å²) in [6.45, 7) is 3.88. The average Bonchev–Trinajstić information content (AvgIpc) is 3.00. The summed E-state index contributed by atoms with van der Waals surface area (Å²) in [6.07, 6.45) is 4.20. The molecule has 0 aliphatic heterocycles. The van der Waals surface area contributed by atoms with Gasteiger partial charge in [0, 0.05) is 11.8 Å². The highest BCUT2D eigenvalue weighted by atomic mass is 32.2. The molecule has 0 saturated heterocycles. The predicted octanol–water partition coefficient (Wildman–Crippen LogP) is 1.20. The third kappa shape index (κ3) is 3.87. The number of rotatable bonds is 6. The highest BCUT2D eigenvalue weighted by Crippen LogP contribution is 2.39. The summed E-state index contributed by atoms with van der Waals surface area (Å²) in [5.74, 6) is 1.33. The summed E-state index contributed by atoms with van der Waals surface area (Å²) < 4.78 is 0. The standard InChI is InChI=1S/C11H22N2O2S/c1-8(6-16-3)12-10(15)13-11(2,7-14)9-4-5-9/h8-9,14H,4-7H2,1-3H3,(H2,12,13,15). The van der Waals surface area contributed by atoms with Crippen molar-refractivity contribution < 1.29 is 9.90 Å². The molecule has 1 aliphatic rings. The predicted molar refractivity (Wildman–Crippen MR) is 67.7 cm³/mol. The molecule has 0 bridgehead atoms.